The molecule has 0 aliphatic heterocycles. The predicted molar refractivity (Wildman–Crippen MR) is 219 cm³/mol. The molecule has 11 aromatic rings. The van der Waals surface area contributed by atoms with Crippen LogP contribution in [0.5, 0.6) is 0 Å². The largest absolute Gasteiger partial charge is 0.309 e. The molecule has 0 amide bonds. The van der Waals surface area contributed by atoms with Crippen molar-refractivity contribution in [1.82, 2.24) is 9.13 Å². The maximum atomic E-state index is 2.49. The average molecular weight is 667 g/mol. The molecule has 0 radical (unpaired) electrons. The van der Waals surface area contributed by atoms with E-state index >= 15 is 0 Å². The molecule has 0 unspecified atom stereocenters. The Balaban J connectivity index is 1.16. The molecule has 0 saturated carbocycles. The number of hydrogen-bond acceptors (Lipinski definition) is 1. The zero-order valence-corrected chi connectivity index (χ0v) is 28.4. The van der Waals surface area contributed by atoms with E-state index in [1.54, 1.807) is 0 Å². The van der Waals surface area contributed by atoms with Crippen LogP contribution in [-0.2, 0) is 0 Å². The second-order valence-corrected chi connectivity index (χ2v) is 14.4. The second-order valence-electron chi connectivity index (χ2n) is 13.3. The van der Waals surface area contributed by atoms with E-state index in [2.05, 4.69) is 191 Å². The lowest BCUT2D eigenvalue weighted by Gasteiger charge is -2.13. The van der Waals surface area contributed by atoms with Crippen molar-refractivity contribution >= 4 is 75.1 Å². The van der Waals surface area contributed by atoms with E-state index in [0.717, 1.165) is 0 Å². The molecule has 0 aliphatic rings. The zero-order chi connectivity index (χ0) is 33.5. The van der Waals surface area contributed by atoms with Crippen LogP contribution in [0.2, 0.25) is 0 Å². The number of hydrogen-bond donors (Lipinski definition) is 0. The summed E-state index contributed by atoms with van der Waals surface area (Å²) in [6.45, 7) is 0. The van der Waals surface area contributed by atoms with Gasteiger partial charge in [-0.3, -0.25) is 0 Å². The van der Waals surface area contributed by atoms with E-state index < -0.39 is 0 Å². The highest BCUT2D eigenvalue weighted by molar-refractivity contribution is 7.25. The molecular formula is C48H30N2S. The van der Waals surface area contributed by atoms with E-state index in [9.17, 15) is 0 Å². The van der Waals surface area contributed by atoms with Gasteiger partial charge in [0, 0.05) is 47.4 Å². The highest BCUT2D eigenvalue weighted by Crippen LogP contribution is 2.44. The van der Waals surface area contributed by atoms with Gasteiger partial charge in [-0.1, -0.05) is 121 Å². The Morgan fingerprint density at radius 3 is 1.65 bits per heavy atom. The molecule has 0 spiro atoms. The number of rotatable bonds is 4. The molecule has 3 aromatic heterocycles. The van der Waals surface area contributed by atoms with Gasteiger partial charge in [0.25, 0.3) is 0 Å². The third-order valence-corrected chi connectivity index (χ3v) is 11.7. The van der Waals surface area contributed by atoms with Gasteiger partial charge in [-0.05, 0) is 82.9 Å². The lowest BCUT2D eigenvalue weighted by molar-refractivity contribution is 1.17. The smallest absolute Gasteiger partial charge is 0.0555 e. The Morgan fingerprint density at radius 2 is 0.922 bits per heavy atom. The Kier molecular flexibility index (Phi) is 6.16. The summed E-state index contributed by atoms with van der Waals surface area (Å²) >= 11 is 1.87. The minimum Gasteiger partial charge on any atom is -0.309 e. The van der Waals surface area contributed by atoms with Crippen molar-refractivity contribution in [3.05, 3.63) is 182 Å². The van der Waals surface area contributed by atoms with Crippen LogP contribution in [0.25, 0.3) is 97.4 Å². The van der Waals surface area contributed by atoms with Gasteiger partial charge < -0.3 is 9.13 Å². The van der Waals surface area contributed by atoms with Crippen molar-refractivity contribution in [2.45, 2.75) is 0 Å². The van der Waals surface area contributed by atoms with E-state index in [1.807, 2.05) is 11.3 Å². The van der Waals surface area contributed by atoms with Crippen LogP contribution in [0.4, 0.5) is 0 Å². The molecule has 0 aliphatic carbocycles. The first kappa shape index (κ1) is 28.4. The van der Waals surface area contributed by atoms with Gasteiger partial charge in [0.05, 0.1) is 27.8 Å². The molecule has 0 atom stereocenters. The second kappa shape index (κ2) is 11.0. The van der Waals surface area contributed by atoms with Crippen molar-refractivity contribution in [3.63, 3.8) is 0 Å². The summed E-state index contributed by atoms with van der Waals surface area (Å²) in [6, 6.07) is 66.6. The zero-order valence-electron chi connectivity index (χ0n) is 27.6. The first-order valence-corrected chi connectivity index (χ1v) is 18.3. The van der Waals surface area contributed by atoms with E-state index in [0.29, 0.717) is 0 Å². The fourth-order valence-electron chi connectivity index (χ4n) is 8.33. The first-order valence-electron chi connectivity index (χ1n) is 17.4. The van der Waals surface area contributed by atoms with Crippen LogP contribution in [0.15, 0.2) is 182 Å². The molecule has 3 heterocycles. The normalized spacial score (nSPS) is 11.9. The standard InChI is InChI=1S/C48H30N2S/c1-2-13-31(14-3-1)34-15-4-5-16-35(34)32-25-28-46-40(29-32)48-45(23-12-24-47(48)51-46)50-43-22-11-8-19-38(43)39-30-33(26-27-44(39)50)49-41-20-9-6-17-36(41)37-18-7-10-21-42(37)49/h1-30H. The van der Waals surface area contributed by atoms with Gasteiger partial charge in [0.1, 0.15) is 0 Å². The highest BCUT2D eigenvalue weighted by Gasteiger charge is 2.19. The topological polar surface area (TPSA) is 9.86 Å². The first-order chi connectivity index (χ1) is 25.3. The Morgan fingerprint density at radius 1 is 0.333 bits per heavy atom. The van der Waals surface area contributed by atoms with Gasteiger partial charge in [0.15, 0.2) is 0 Å². The fourth-order valence-corrected chi connectivity index (χ4v) is 9.43. The summed E-state index contributed by atoms with van der Waals surface area (Å²) in [5.74, 6) is 0. The molecular weight excluding hydrogens is 637 g/mol. The average Bonchev–Trinajstić information content (AvgIpc) is 3.85. The van der Waals surface area contributed by atoms with Crippen LogP contribution in [0.1, 0.15) is 0 Å². The summed E-state index contributed by atoms with van der Waals surface area (Å²) < 4.78 is 7.49. The monoisotopic (exact) mass is 666 g/mol. The summed E-state index contributed by atoms with van der Waals surface area (Å²) in [7, 11) is 0. The molecule has 0 saturated heterocycles. The highest BCUT2D eigenvalue weighted by atomic mass is 32.1. The third-order valence-electron chi connectivity index (χ3n) is 10.5. The van der Waals surface area contributed by atoms with Crippen molar-refractivity contribution < 1.29 is 0 Å². The van der Waals surface area contributed by atoms with Crippen LogP contribution in [0, 0.1) is 0 Å². The molecule has 2 nitrogen and oxygen atoms in total. The van der Waals surface area contributed by atoms with Gasteiger partial charge in [-0.25, -0.2) is 0 Å². The van der Waals surface area contributed by atoms with E-state index in [1.165, 1.54) is 97.4 Å². The number of benzene rings is 8. The fraction of sp³-hybridized carbons (Fsp3) is 0. The molecule has 238 valence electrons. The van der Waals surface area contributed by atoms with Crippen LogP contribution in [-0.4, -0.2) is 9.13 Å². The van der Waals surface area contributed by atoms with Crippen molar-refractivity contribution in [2.75, 3.05) is 0 Å². The summed E-state index contributed by atoms with van der Waals surface area (Å²) in [4.78, 5) is 0. The third kappa shape index (κ3) is 4.22. The maximum Gasteiger partial charge on any atom is 0.0555 e. The molecule has 11 rings (SSSR count). The SMILES string of the molecule is c1ccc(-c2ccccc2-c2ccc3sc4cccc(-n5c6ccccc6c6cc(-n7c8ccccc8c8ccccc87)ccc65)c4c3c2)cc1. The molecule has 3 heteroatoms. The van der Waals surface area contributed by atoms with Gasteiger partial charge in [-0.15, -0.1) is 11.3 Å². The number of aromatic nitrogens is 2. The number of thiophene rings is 1. The Bertz CT molecular complexity index is 3090. The van der Waals surface area contributed by atoms with Gasteiger partial charge in [0.2, 0.25) is 0 Å². The quantitative estimate of drug-likeness (QED) is 0.177. The maximum absolute atomic E-state index is 2.49. The Hall–Kier alpha value is -6.42. The van der Waals surface area contributed by atoms with Crippen LogP contribution < -0.4 is 0 Å². The Labute approximate surface area is 298 Å². The van der Waals surface area contributed by atoms with E-state index in [-0.39, 0.29) is 0 Å². The van der Waals surface area contributed by atoms with E-state index in [4.69, 9.17) is 0 Å². The summed E-state index contributed by atoms with van der Waals surface area (Å²) in [5.41, 5.74) is 12.2. The lowest BCUT2D eigenvalue weighted by atomic mass is 9.94. The molecule has 0 N–H and O–H groups in total. The lowest BCUT2D eigenvalue weighted by Crippen LogP contribution is -1.96. The summed E-state index contributed by atoms with van der Waals surface area (Å²) in [6.07, 6.45) is 0. The molecule has 8 aromatic carbocycles. The van der Waals surface area contributed by atoms with Gasteiger partial charge in [-0.2, -0.15) is 0 Å². The molecule has 0 fully saturated rings. The van der Waals surface area contributed by atoms with Crippen LogP contribution in [0.3, 0.4) is 0 Å². The van der Waals surface area contributed by atoms with Gasteiger partial charge >= 0.3 is 0 Å². The van der Waals surface area contributed by atoms with Crippen molar-refractivity contribution in [1.29, 1.82) is 0 Å². The molecule has 0 bridgehead atoms. The minimum atomic E-state index is 1.17. The number of fused-ring (bicyclic) bond motifs is 9. The summed E-state index contributed by atoms with van der Waals surface area (Å²) in [5, 5.41) is 7.64. The minimum absolute atomic E-state index is 1.17. The predicted octanol–water partition coefficient (Wildman–Crippen LogP) is 13.6. The van der Waals surface area contributed by atoms with Crippen LogP contribution >= 0.6 is 11.3 Å². The number of nitrogens with zero attached hydrogens (tertiary/aromatic N) is 2. The molecule has 51 heavy (non-hydrogen) atoms. The van der Waals surface area contributed by atoms with Crippen molar-refractivity contribution in [2.24, 2.45) is 0 Å². The van der Waals surface area contributed by atoms with Crippen molar-refractivity contribution in [3.8, 4) is 33.6 Å². The number of para-hydroxylation sites is 3.